The molecule has 0 unspecified atom stereocenters. The number of nitriles is 1. The predicted octanol–water partition coefficient (Wildman–Crippen LogP) is 3.42. The van der Waals surface area contributed by atoms with E-state index in [2.05, 4.69) is 5.32 Å². The maximum absolute atomic E-state index is 14.0. The van der Waals surface area contributed by atoms with Crippen molar-refractivity contribution in [1.82, 2.24) is 9.88 Å². The quantitative estimate of drug-likeness (QED) is 0.801. The summed E-state index contributed by atoms with van der Waals surface area (Å²) >= 11 is 0. The molecule has 1 amide bonds. The molecule has 0 aliphatic rings. The molecule has 0 aliphatic heterocycles. The minimum absolute atomic E-state index is 0.124. The fourth-order valence-corrected chi connectivity index (χ4v) is 2.46. The monoisotopic (exact) mass is 319 g/mol. The maximum atomic E-state index is 14.0. The number of nitrogens with one attached hydrogen (secondary N) is 1. The highest BCUT2D eigenvalue weighted by molar-refractivity contribution is 5.95. The lowest BCUT2D eigenvalue weighted by molar-refractivity contribution is 0.0944. The smallest absolute Gasteiger partial charge is 0.269 e. The molecule has 3 rings (SSSR count). The van der Waals surface area contributed by atoms with E-state index in [0.717, 1.165) is 5.56 Å². The zero-order valence-electron chi connectivity index (χ0n) is 12.7. The Hall–Kier alpha value is -3.39. The number of halogens is 1. The number of nitrogens with zero attached hydrogens (tertiary/aromatic N) is 2. The van der Waals surface area contributed by atoms with E-state index in [-0.39, 0.29) is 16.9 Å². The third-order valence-corrected chi connectivity index (χ3v) is 3.63. The molecule has 0 saturated heterocycles. The van der Waals surface area contributed by atoms with Gasteiger partial charge in [0.15, 0.2) is 0 Å². The molecule has 24 heavy (non-hydrogen) atoms. The topological polar surface area (TPSA) is 57.8 Å². The Morgan fingerprint density at radius 2 is 1.79 bits per heavy atom. The highest BCUT2D eigenvalue weighted by Gasteiger charge is 2.19. The predicted molar refractivity (Wildman–Crippen MR) is 88.1 cm³/mol. The Kier molecular flexibility index (Phi) is 4.39. The van der Waals surface area contributed by atoms with E-state index in [1.54, 1.807) is 18.2 Å². The SMILES string of the molecule is N#Cc1ccn(-c2ccccc2F)c1C(=O)NCc1ccccc1. The average Bonchev–Trinajstić information content (AvgIpc) is 3.05. The highest BCUT2D eigenvalue weighted by Crippen LogP contribution is 2.19. The first-order chi connectivity index (χ1) is 11.7. The van der Waals surface area contributed by atoms with E-state index < -0.39 is 11.7 Å². The van der Waals surface area contributed by atoms with Gasteiger partial charge in [-0.2, -0.15) is 5.26 Å². The molecule has 0 fully saturated rings. The summed E-state index contributed by atoms with van der Waals surface area (Å²) < 4.78 is 15.4. The van der Waals surface area contributed by atoms with Crippen LogP contribution in [-0.2, 0) is 6.54 Å². The first kappa shape index (κ1) is 15.5. The maximum Gasteiger partial charge on any atom is 0.269 e. The van der Waals surface area contributed by atoms with Crippen LogP contribution >= 0.6 is 0 Å². The standard InChI is InChI=1S/C19H14FN3O/c20-16-8-4-5-9-17(16)23-11-10-15(12-21)18(23)19(24)22-13-14-6-2-1-3-7-14/h1-11H,13H2,(H,22,24). The van der Waals surface area contributed by atoms with Crippen molar-refractivity contribution in [2.45, 2.75) is 6.54 Å². The minimum atomic E-state index is -0.463. The minimum Gasteiger partial charge on any atom is -0.347 e. The van der Waals surface area contributed by atoms with Crippen LogP contribution in [0.2, 0.25) is 0 Å². The van der Waals surface area contributed by atoms with Crippen LogP contribution in [0.1, 0.15) is 21.6 Å². The number of carbonyl (C=O) groups excluding carboxylic acids is 1. The molecule has 1 aromatic heterocycles. The van der Waals surface area contributed by atoms with Crippen molar-refractivity contribution in [3.05, 3.63) is 89.5 Å². The lowest BCUT2D eigenvalue weighted by atomic mass is 10.2. The summed E-state index contributed by atoms with van der Waals surface area (Å²) in [6.07, 6.45) is 1.52. The van der Waals surface area contributed by atoms with Gasteiger partial charge in [-0.25, -0.2) is 4.39 Å². The van der Waals surface area contributed by atoms with Crippen molar-refractivity contribution >= 4 is 5.91 Å². The zero-order chi connectivity index (χ0) is 16.9. The van der Waals surface area contributed by atoms with Crippen molar-refractivity contribution < 1.29 is 9.18 Å². The van der Waals surface area contributed by atoms with E-state index in [1.807, 2.05) is 36.4 Å². The van der Waals surface area contributed by atoms with E-state index >= 15 is 0 Å². The molecule has 3 aromatic rings. The van der Waals surface area contributed by atoms with Gasteiger partial charge in [0.2, 0.25) is 0 Å². The summed E-state index contributed by atoms with van der Waals surface area (Å²) in [7, 11) is 0. The summed E-state index contributed by atoms with van der Waals surface area (Å²) in [6, 6.07) is 19.0. The van der Waals surface area contributed by atoms with E-state index in [9.17, 15) is 14.4 Å². The second-order valence-corrected chi connectivity index (χ2v) is 5.18. The Morgan fingerprint density at radius 1 is 1.08 bits per heavy atom. The number of benzene rings is 2. The molecule has 0 saturated carbocycles. The van der Waals surface area contributed by atoms with Gasteiger partial charge in [-0.1, -0.05) is 42.5 Å². The van der Waals surface area contributed by atoms with Crippen LogP contribution in [0.5, 0.6) is 0 Å². The van der Waals surface area contributed by atoms with Crippen LogP contribution in [0.15, 0.2) is 66.9 Å². The van der Waals surface area contributed by atoms with E-state index in [4.69, 9.17) is 0 Å². The first-order valence-electron chi connectivity index (χ1n) is 7.39. The van der Waals surface area contributed by atoms with Crippen LogP contribution in [-0.4, -0.2) is 10.5 Å². The highest BCUT2D eigenvalue weighted by atomic mass is 19.1. The van der Waals surface area contributed by atoms with E-state index in [0.29, 0.717) is 6.54 Å². The molecule has 118 valence electrons. The van der Waals surface area contributed by atoms with Gasteiger partial charge < -0.3 is 9.88 Å². The fourth-order valence-electron chi connectivity index (χ4n) is 2.46. The van der Waals surface area contributed by atoms with Crippen molar-refractivity contribution in [3.8, 4) is 11.8 Å². The molecular formula is C19H14FN3O. The van der Waals surface area contributed by atoms with Gasteiger partial charge in [0.05, 0.1) is 11.3 Å². The number of aromatic nitrogens is 1. The molecular weight excluding hydrogens is 305 g/mol. The summed E-state index contributed by atoms with van der Waals surface area (Å²) in [6.45, 7) is 0.326. The molecule has 1 heterocycles. The lowest BCUT2D eigenvalue weighted by Gasteiger charge is -2.11. The average molecular weight is 319 g/mol. The largest absolute Gasteiger partial charge is 0.347 e. The van der Waals surface area contributed by atoms with Crippen LogP contribution < -0.4 is 5.32 Å². The second kappa shape index (κ2) is 6.80. The molecule has 0 atom stereocenters. The van der Waals surface area contributed by atoms with Crippen molar-refractivity contribution in [2.24, 2.45) is 0 Å². The van der Waals surface area contributed by atoms with Gasteiger partial charge >= 0.3 is 0 Å². The summed E-state index contributed by atoms with van der Waals surface area (Å²) in [5.41, 5.74) is 1.49. The molecule has 0 aliphatic carbocycles. The molecule has 1 N–H and O–H groups in total. The lowest BCUT2D eigenvalue weighted by Crippen LogP contribution is -2.26. The Morgan fingerprint density at radius 3 is 2.50 bits per heavy atom. The van der Waals surface area contributed by atoms with Gasteiger partial charge in [0.1, 0.15) is 17.6 Å². The van der Waals surface area contributed by atoms with Gasteiger partial charge in [0.25, 0.3) is 5.91 Å². The van der Waals surface area contributed by atoms with Crippen LogP contribution in [0.3, 0.4) is 0 Å². The third kappa shape index (κ3) is 3.03. The Bertz CT molecular complexity index is 910. The molecule has 5 heteroatoms. The molecule has 0 radical (unpaired) electrons. The second-order valence-electron chi connectivity index (χ2n) is 5.18. The molecule has 0 spiro atoms. The zero-order valence-corrected chi connectivity index (χ0v) is 12.7. The van der Waals surface area contributed by atoms with Crippen molar-refractivity contribution in [3.63, 3.8) is 0 Å². The Labute approximate surface area is 138 Å². The third-order valence-electron chi connectivity index (χ3n) is 3.63. The summed E-state index contributed by atoms with van der Waals surface area (Å²) in [5.74, 6) is -0.890. The normalized spacial score (nSPS) is 10.2. The summed E-state index contributed by atoms with van der Waals surface area (Å²) in [4.78, 5) is 12.6. The van der Waals surface area contributed by atoms with Crippen LogP contribution in [0.4, 0.5) is 4.39 Å². The number of hydrogen-bond donors (Lipinski definition) is 1. The molecule has 2 aromatic carbocycles. The van der Waals surface area contributed by atoms with Crippen LogP contribution in [0, 0.1) is 17.1 Å². The number of hydrogen-bond acceptors (Lipinski definition) is 2. The van der Waals surface area contributed by atoms with Crippen LogP contribution in [0.25, 0.3) is 5.69 Å². The fraction of sp³-hybridized carbons (Fsp3) is 0.0526. The van der Waals surface area contributed by atoms with Gasteiger partial charge in [-0.05, 0) is 23.8 Å². The summed E-state index contributed by atoms with van der Waals surface area (Å²) in [5, 5.41) is 12.0. The van der Waals surface area contributed by atoms with E-state index in [1.165, 1.54) is 22.9 Å². The van der Waals surface area contributed by atoms with Gasteiger partial charge in [-0.15, -0.1) is 0 Å². The van der Waals surface area contributed by atoms with Gasteiger partial charge in [0, 0.05) is 12.7 Å². The first-order valence-corrected chi connectivity index (χ1v) is 7.39. The number of amides is 1. The van der Waals surface area contributed by atoms with Gasteiger partial charge in [-0.3, -0.25) is 4.79 Å². The molecule has 0 bridgehead atoms. The number of rotatable bonds is 4. The molecule has 4 nitrogen and oxygen atoms in total. The van der Waals surface area contributed by atoms with Crippen molar-refractivity contribution in [1.29, 1.82) is 5.26 Å². The Balaban J connectivity index is 1.92. The number of para-hydroxylation sites is 1. The number of carbonyl (C=O) groups is 1. The van der Waals surface area contributed by atoms with Crippen molar-refractivity contribution in [2.75, 3.05) is 0 Å².